The molecule has 0 aromatic carbocycles. The van der Waals surface area contributed by atoms with Crippen LogP contribution in [0, 0.1) is 11.8 Å². The van der Waals surface area contributed by atoms with Crippen molar-refractivity contribution in [3.05, 3.63) is 0 Å². The fraction of sp³-hybridized carbons (Fsp3) is 0.833. The van der Waals surface area contributed by atoms with Crippen LogP contribution < -0.4 is 5.73 Å². The van der Waals surface area contributed by atoms with Gasteiger partial charge in [-0.05, 0) is 27.4 Å². The van der Waals surface area contributed by atoms with Gasteiger partial charge in [0.15, 0.2) is 0 Å². The van der Waals surface area contributed by atoms with Gasteiger partial charge in [-0.3, -0.25) is 4.90 Å². The quantitative estimate of drug-likeness (QED) is 0.681. The second-order valence-electron chi connectivity index (χ2n) is 4.44. The van der Waals surface area contributed by atoms with Gasteiger partial charge in [-0.15, -0.1) is 11.8 Å². The van der Waals surface area contributed by atoms with Crippen molar-refractivity contribution in [3.63, 3.8) is 0 Å². The topological polar surface area (TPSA) is 32.5 Å². The Morgan fingerprint density at radius 3 is 2.80 bits per heavy atom. The van der Waals surface area contributed by atoms with E-state index in [1.165, 1.54) is 0 Å². The molecule has 1 aliphatic rings. The van der Waals surface area contributed by atoms with E-state index in [1.54, 1.807) is 0 Å². The van der Waals surface area contributed by atoms with Crippen molar-refractivity contribution in [2.75, 3.05) is 33.7 Å². The lowest BCUT2D eigenvalue weighted by Crippen LogP contribution is -2.57. The molecule has 3 heteroatoms. The van der Waals surface area contributed by atoms with Crippen molar-refractivity contribution in [1.82, 2.24) is 9.80 Å². The molecule has 0 amide bonds. The third-order valence-corrected chi connectivity index (χ3v) is 3.17. The highest BCUT2D eigenvalue weighted by atomic mass is 15.3. The van der Waals surface area contributed by atoms with E-state index in [0.717, 1.165) is 32.5 Å². The Morgan fingerprint density at radius 1 is 1.40 bits per heavy atom. The molecule has 0 saturated carbocycles. The van der Waals surface area contributed by atoms with E-state index in [0.29, 0.717) is 6.04 Å². The second kappa shape index (κ2) is 6.12. The van der Waals surface area contributed by atoms with Crippen LogP contribution in [0.2, 0.25) is 0 Å². The van der Waals surface area contributed by atoms with E-state index in [9.17, 15) is 0 Å². The number of nitrogens with two attached hydrogens (primary N) is 1. The SMILES string of the molecule is CC#CCCC(N)C1CN(C)CCN1C. The summed E-state index contributed by atoms with van der Waals surface area (Å²) < 4.78 is 0. The maximum Gasteiger partial charge on any atom is 0.0372 e. The molecule has 0 radical (unpaired) electrons. The van der Waals surface area contributed by atoms with Gasteiger partial charge in [-0.2, -0.15) is 0 Å². The third kappa shape index (κ3) is 3.83. The number of hydrogen-bond donors (Lipinski definition) is 1. The molecule has 2 N–H and O–H groups in total. The first-order valence-corrected chi connectivity index (χ1v) is 5.69. The predicted octanol–water partition coefficient (Wildman–Crippen LogP) is 0.363. The highest BCUT2D eigenvalue weighted by Gasteiger charge is 2.26. The zero-order valence-corrected chi connectivity index (χ0v) is 10.2. The molecule has 0 aromatic rings. The minimum atomic E-state index is 0.249. The van der Waals surface area contributed by atoms with Crippen molar-refractivity contribution < 1.29 is 0 Å². The summed E-state index contributed by atoms with van der Waals surface area (Å²) in [6, 6.07) is 0.737. The maximum atomic E-state index is 6.21. The molecule has 3 nitrogen and oxygen atoms in total. The Morgan fingerprint density at radius 2 is 2.13 bits per heavy atom. The summed E-state index contributed by atoms with van der Waals surface area (Å²) in [5.74, 6) is 6.00. The van der Waals surface area contributed by atoms with Crippen molar-refractivity contribution in [2.24, 2.45) is 5.73 Å². The summed E-state index contributed by atoms with van der Waals surface area (Å²) in [5.41, 5.74) is 6.21. The van der Waals surface area contributed by atoms with Crippen molar-refractivity contribution in [1.29, 1.82) is 0 Å². The van der Waals surface area contributed by atoms with Gasteiger partial charge in [0.05, 0.1) is 0 Å². The van der Waals surface area contributed by atoms with E-state index in [2.05, 4.69) is 35.7 Å². The molecular formula is C12H23N3. The molecule has 0 aliphatic carbocycles. The fourth-order valence-electron chi connectivity index (χ4n) is 2.06. The Labute approximate surface area is 93.6 Å². The Bertz CT molecular complexity index is 241. The molecule has 0 spiro atoms. The van der Waals surface area contributed by atoms with E-state index in [4.69, 9.17) is 5.73 Å². The number of rotatable bonds is 3. The number of hydrogen-bond acceptors (Lipinski definition) is 3. The van der Waals surface area contributed by atoms with Gasteiger partial charge in [0.1, 0.15) is 0 Å². The summed E-state index contributed by atoms with van der Waals surface area (Å²) in [6.45, 7) is 5.23. The predicted molar refractivity (Wildman–Crippen MR) is 64.6 cm³/mol. The summed E-state index contributed by atoms with van der Waals surface area (Å²) in [5, 5.41) is 0. The van der Waals surface area contributed by atoms with Crippen LogP contribution in [-0.2, 0) is 0 Å². The maximum absolute atomic E-state index is 6.21. The number of nitrogens with zero attached hydrogens (tertiary/aromatic N) is 2. The zero-order chi connectivity index (χ0) is 11.3. The molecule has 86 valence electrons. The van der Waals surface area contributed by atoms with E-state index < -0.39 is 0 Å². The standard InChI is InChI=1S/C12H23N3/c1-4-5-6-7-11(13)12-10-14(2)8-9-15(12)3/h11-12H,6-10,13H2,1-3H3. The van der Waals surface area contributed by atoms with Crippen LogP contribution in [0.3, 0.4) is 0 Å². The Balaban J connectivity index is 2.40. The highest BCUT2D eigenvalue weighted by molar-refractivity contribution is 4.97. The van der Waals surface area contributed by atoms with Crippen LogP contribution in [0.25, 0.3) is 0 Å². The minimum absolute atomic E-state index is 0.249. The molecule has 1 rings (SSSR count). The Kier molecular flexibility index (Phi) is 5.10. The summed E-state index contributed by atoms with van der Waals surface area (Å²) in [6.07, 6.45) is 1.93. The van der Waals surface area contributed by atoms with Crippen LogP contribution in [0.1, 0.15) is 19.8 Å². The van der Waals surface area contributed by atoms with Crippen LogP contribution in [0.5, 0.6) is 0 Å². The van der Waals surface area contributed by atoms with E-state index >= 15 is 0 Å². The lowest BCUT2D eigenvalue weighted by Gasteiger charge is -2.40. The summed E-state index contributed by atoms with van der Waals surface area (Å²) in [4.78, 5) is 4.74. The van der Waals surface area contributed by atoms with Crippen molar-refractivity contribution in [3.8, 4) is 11.8 Å². The summed E-state index contributed by atoms with van der Waals surface area (Å²) >= 11 is 0. The van der Waals surface area contributed by atoms with Gasteiger partial charge in [0.2, 0.25) is 0 Å². The van der Waals surface area contributed by atoms with Crippen molar-refractivity contribution in [2.45, 2.75) is 31.8 Å². The molecule has 2 atom stereocenters. The monoisotopic (exact) mass is 209 g/mol. The average Bonchev–Trinajstić information content (AvgIpc) is 2.22. The molecule has 0 aromatic heterocycles. The van der Waals surface area contributed by atoms with E-state index in [-0.39, 0.29) is 6.04 Å². The number of piperazine rings is 1. The molecule has 15 heavy (non-hydrogen) atoms. The molecule has 1 aliphatic heterocycles. The second-order valence-corrected chi connectivity index (χ2v) is 4.44. The highest BCUT2D eigenvalue weighted by Crippen LogP contribution is 2.11. The smallest absolute Gasteiger partial charge is 0.0372 e. The van der Waals surface area contributed by atoms with Gasteiger partial charge in [-0.25, -0.2) is 0 Å². The lowest BCUT2D eigenvalue weighted by atomic mass is 10.0. The average molecular weight is 209 g/mol. The molecular weight excluding hydrogens is 186 g/mol. The van der Waals surface area contributed by atoms with Gasteiger partial charge in [-0.1, -0.05) is 0 Å². The van der Waals surface area contributed by atoms with Crippen LogP contribution >= 0.6 is 0 Å². The first kappa shape index (κ1) is 12.5. The first-order valence-electron chi connectivity index (χ1n) is 5.69. The Hall–Kier alpha value is -0.560. The van der Waals surface area contributed by atoms with Gasteiger partial charge in [0.25, 0.3) is 0 Å². The normalized spacial score (nSPS) is 25.7. The van der Waals surface area contributed by atoms with Crippen LogP contribution in [0.15, 0.2) is 0 Å². The number of likely N-dealkylation sites (N-methyl/N-ethyl adjacent to an activating group) is 2. The lowest BCUT2D eigenvalue weighted by molar-refractivity contribution is 0.0957. The van der Waals surface area contributed by atoms with Crippen LogP contribution in [-0.4, -0.2) is 55.6 Å². The molecule has 1 heterocycles. The van der Waals surface area contributed by atoms with Gasteiger partial charge < -0.3 is 10.6 Å². The largest absolute Gasteiger partial charge is 0.326 e. The summed E-state index contributed by atoms with van der Waals surface area (Å²) in [7, 11) is 4.33. The zero-order valence-electron chi connectivity index (χ0n) is 10.2. The molecule has 0 bridgehead atoms. The first-order chi connectivity index (χ1) is 7.15. The molecule has 2 unspecified atom stereocenters. The minimum Gasteiger partial charge on any atom is -0.326 e. The van der Waals surface area contributed by atoms with E-state index in [1.807, 2.05) is 6.92 Å². The van der Waals surface area contributed by atoms with Crippen LogP contribution in [0.4, 0.5) is 0 Å². The fourth-order valence-corrected chi connectivity index (χ4v) is 2.06. The molecule has 1 saturated heterocycles. The van der Waals surface area contributed by atoms with Gasteiger partial charge >= 0.3 is 0 Å². The third-order valence-electron chi connectivity index (χ3n) is 3.17. The van der Waals surface area contributed by atoms with Crippen molar-refractivity contribution >= 4 is 0 Å². The molecule has 1 fully saturated rings. The van der Waals surface area contributed by atoms with Gasteiger partial charge in [0, 0.05) is 38.1 Å².